The second-order valence-corrected chi connectivity index (χ2v) is 3.99. The van der Waals surface area contributed by atoms with Crippen LogP contribution in [0.1, 0.15) is 11.8 Å². The van der Waals surface area contributed by atoms with Crippen molar-refractivity contribution >= 4 is 34.2 Å². The maximum absolute atomic E-state index is 9.43. The fourth-order valence-electron chi connectivity index (χ4n) is 0.847. The van der Waals surface area contributed by atoms with Gasteiger partial charge in [-0.15, -0.1) is 11.6 Å². The van der Waals surface area contributed by atoms with Crippen LogP contribution in [-0.4, -0.2) is 27.2 Å². The third kappa shape index (κ3) is 2.35. The number of rotatable bonds is 3. The van der Waals surface area contributed by atoms with Crippen LogP contribution in [-0.2, 0) is 0 Å². The molecule has 2 atom stereocenters. The number of halogens is 2. The lowest BCUT2D eigenvalue weighted by atomic mass is 10.2. The van der Waals surface area contributed by atoms with Crippen molar-refractivity contribution < 1.29 is 10.2 Å². The Balaban J connectivity index is 2.70. The van der Waals surface area contributed by atoms with Gasteiger partial charge in [-0.2, -0.15) is 0 Å². The molecule has 3 nitrogen and oxygen atoms in total. The van der Waals surface area contributed by atoms with Gasteiger partial charge in [0.15, 0.2) is 0 Å². The highest BCUT2D eigenvalue weighted by atomic mass is 127. The molecule has 0 saturated heterocycles. The summed E-state index contributed by atoms with van der Waals surface area (Å²) in [5.74, 6) is 0.0246. The number of aliphatic hydroxyl groups is 2. The van der Waals surface area contributed by atoms with Crippen LogP contribution in [0.2, 0.25) is 0 Å². The molecule has 0 bridgehead atoms. The molecule has 0 aliphatic heterocycles. The molecule has 0 fully saturated rings. The number of alkyl halides is 1. The molecule has 3 N–H and O–H groups in total. The summed E-state index contributed by atoms with van der Waals surface area (Å²) in [7, 11) is 0. The maximum atomic E-state index is 9.43. The zero-order valence-corrected chi connectivity index (χ0v) is 9.08. The molecule has 68 valence electrons. The SMILES string of the molecule is OC(CCl)C(O)c1cc(I)c[nH]1. The lowest BCUT2D eigenvalue weighted by Crippen LogP contribution is -2.19. The van der Waals surface area contributed by atoms with Crippen molar-refractivity contribution in [1.82, 2.24) is 4.98 Å². The maximum Gasteiger partial charge on any atom is 0.121 e. The van der Waals surface area contributed by atoms with E-state index in [4.69, 9.17) is 11.6 Å². The first-order valence-corrected chi connectivity index (χ1v) is 5.02. The first-order chi connectivity index (χ1) is 5.65. The van der Waals surface area contributed by atoms with Crippen molar-refractivity contribution in [2.75, 3.05) is 5.88 Å². The first-order valence-electron chi connectivity index (χ1n) is 3.41. The van der Waals surface area contributed by atoms with Gasteiger partial charge in [-0.25, -0.2) is 0 Å². The topological polar surface area (TPSA) is 56.2 Å². The Morgan fingerprint density at radius 1 is 1.58 bits per heavy atom. The fraction of sp³-hybridized carbons (Fsp3) is 0.429. The van der Waals surface area contributed by atoms with Crippen molar-refractivity contribution in [3.63, 3.8) is 0 Å². The zero-order valence-electron chi connectivity index (χ0n) is 6.17. The number of aliphatic hydroxyl groups excluding tert-OH is 2. The molecule has 0 spiro atoms. The van der Waals surface area contributed by atoms with Crippen molar-refractivity contribution in [1.29, 1.82) is 0 Å². The lowest BCUT2D eigenvalue weighted by Gasteiger charge is -2.13. The van der Waals surface area contributed by atoms with Gasteiger partial charge < -0.3 is 15.2 Å². The van der Waals surface area contributed by atoms with Crippen molar-refractivity contribution in [3.05, 3.63) is 21.5 Å². The normalized spacial score (nSPS) is 16.0. The minimum absolute atomic E-state index is 0.0246. The predicted molar refractivity (Wildman–Crippen MR) is 55.2 cm³/mol. The molecule has 1 heterocycles. The molecule has 0 radical (unpaired) electrons. The van der Waals surface area contributed by atoms with Gasteiger partial charge >= 0.3 is 0 Å². The number of aromatic amines is 1. The van der Waals surface area contributed by atoms with Crippen molar-refractivity contribution in [2.24, 2.45) is 0 Å². The molecule has 0 saturated carbocycles. The number of nitrogens with one attached hydrogen (secondary N) is 1. The van der Waals surface area contributed by atoms with E-state index in [1.165, 1.54) is 0 Å². The molecule has 0 amide bonds. The number of H-pyrrole nitrogens is 1. The lowest BCUT2D eigenvalue weighted by molar-refractivity contribution is 0.0303. The van der Waals surface area contributed by atoms with Crippen LogP contribution >= 0.6 is 34.2 Å². The summed E-state index contributed by atoms with van der Waals surface area (Å²) in [4.78, 5) is 2.84. The minimum atomic E-state index is -0.925. The molecule has 1 aromatic heterocycles. The van der Waals surface area contributed by atoms with Gasteiger partial charge in [0.05, 0.1) is 12.0 Å². The second kappa shape index (κ2) is 4.45. The summed E-state index contributed by atoms with van der Waals surface area (Å²) in [6.07, 6.45) is -0.0906. The van der Waals surface area contributed by atoms with Crippen LogP contribution in [0.3, 0.4) is 0 Å². The highest BCUT2D eigenvalue weighted by molar-refractivity contribution is 14.1. The van der Waals surface area contributed by atoms with E-state index < -0.39 is 12.2 Å². The summed E-state index contributed by atoms with van der Waals surface area (Å²) >= 11 is 7.49. The first kappa shape index (κ1) is 10.3. The summed E-state index contributed by atoms with van der Waals surface area (Å²) in [5, 5.41) is 18.6. The largest absolute Gasteiger partial charge is 0.389 e. The summed E-state index contributed by atoms with van der Waals surface area (Å²) in [5.41, 5.74) is 0.590. The third-order valence-electron chi connectivity index (χ3n) is 1.51. The van der Waals surface area contributed by atoms with Crippen LogP contribution in [0.25, 0.3) is 0 Å². The Kier molecular flexibility index (Phi) is 3.82. The standard InChI is InChI=1S/C7H9ClINO2/c8-2-6(11)7(12)5-1-4(9)3-10-5/h1,3,6-7,10-12H,2H2. The van der Waals surface area contributed by atoms with E-state index in [1.54, 1.807) is 12.3 Å². The Labute approximate surface area is 88.9 Å². The van der Waals surface area contributed by atoms with E-state index in [9.17, 15) is 10.2 Å². The Morgan fingerprint density at radius 2 is 2.25 bits per heavy atom. The average Bonchev–Trinajstić information content (AvgIpc) is 2.49. The molecule has 1 aromatic rings. The monoisotopic (exact) mass is 301 g/mol. The van der Waals surface area contributed by atoms with E-state index in [0.717, 1.165) is 3.57 Å². The second-order valence-electron chi connectivity index (χ2n) is 2.44. The van der Waals surface area contributed by atoms with E-state index in [-0.39, 0.29) is 5.88 Å². The molecule has 0 aliphatic carbocycles. The zero-order chi connectivity index (χ0) is 9.14. The van der Waals surface area contributed by atoms with Crippen molar-refractivity contribution in [3.8, 4) is 0 Å². The van der Waals surface area contributed by atoms with Gasteiger partial charge in [0.2, 0.25) is 0 Å². The molecular weight excluding hydrogens is 292 g/mol. The predicted octanol–water partition coefficient (Wildman–Crippen LogP) is 1.25. The van der Waals surface area contributed by atoms with Gasteiger partial charge in [-0.1, -0.05) is 0 Å². The molecular formula is C7H9ClINO2. The van der Waals surface area contributed by atoms with E-state index in [2.05, 4.69) is 27.6 Å². The number of aromatic nitrogens is 1. The number of hydrogen-bond acceptors (Lipinski definition) is 2. The van der Waals surface area contributed by atoms with Gasteiger partial charge in [0.25, 0.3) is 0 Å². The molecule has 12 heavy (non-hydrogen) atoms. The van der Waals surface area contributed by atoms with E-state index in [1.807, 2.05) is 0 Å². The van der Waals surface area contributed by atoms with Gasteiger partial charge in [-0.3, -0.25) is 0 Å². The Bertz CT molecular complexity index is 253. The smallest absolute Gasteiger partial charge is 0.121 e. The molecule has 5 heteroatoms. The van der Waals surface area contributed by atoms with E-state index in [0.29, 0.717) is 5.69 Å². The summed E-state index contributed by atoms with van der Waals surface area (Å²) < 4.78 is 0.989. The third-order valence-corrected chi connectivity index (χ3v) is 2.45. The van der Waals surface area contributed by atoms with Crippen LogP contribution in [0.4, 0.5) is 0 Å². The van der Waals surface area contributed by atoms with E-state index >= 15 is 0 Å². The minimum Gasteiger partial charge on any atom is -0.389 e. The average molecular weight is 302 g/mol. The van der Waals surface area contributed by atoms with Crippen molar-refractivity contribution in [2.45, 2.75) is 12.2 Å². The Morgan fingerprint density at radius 3 is 2.67 bits per heavy atom. The number of hydrogen-bond donors (Lipinski definition) is 3. The highest BCUT2D eigenvalue weighted by Crippen LogP contribution is 2.18. The van der Waals surface area contributed by atoms with Crippen LogP contribution in [0, 0.1) is 3.57 Å². The molecule has 1 rings (SSSR count). The Hall–Kier alpha value is 0.220. The van der Waals surface area contributed by atoms with Gasteiger partial charge in [-0.05, 0) is 28.7 Å². The molecule has 0 aromatic carbocycles. The quantitative estimate of drug-likeness (QED) is 0.581. The van der Waals surface area contributed by atoms with Crippen LogP contribution in [0.15, 0.2) is 12.3 Å². The highest BCUT2D eigenvalue weighted by Gasteiger charge is 2.18. The van der Waals surface area contributed by atoms with Crippen LogP contribution < -0.4 is 0 Å². The molecule has 2 unspecified atom stereocenters. The van der Waals surface area contributed by atoms with Gasteiger partial charge in [0.1, 0.15) is 6.10 Å². The van der Waals surface area contributed by atoms with Crippen LogP contribution in [0.5, 0.6) is 0 Å². The summed E-state index contributed by atoms with van der Waals surface area (Å²) in [6, 6.07) is 1.76. The molecule has 0 aliphatic rings. The van der Waals surface area contributed by atoms with Gasteiger partial charge in [0, 0.05) is 15.5 Å². The summed E-state index contributed by atoms with van der Waals surface area (Å²) in [6.45, 7) is 0. The fourth-order valence-corrected chi connectivity index (χ4v) is 1.51.